The van der Waals surface area contributed by atoms with Gasteiger partial charge in [-0.15, -0.1) is 0 Å². The molecule has 2 aromatic rings. The van der Waals surface area contributed by atoms with Crippen molar-refractivity contribution >= 4 is 5.97 Å². The van der Waals surface area contributed by atoms with E-state index in [1.165, 1.54) is 17.3 Å². The smallest absolute Gasteiger partial charge is 0.336 e. The van der Waals surface area contributed by atoms with Crippen LogP contribution in [0.15, 0.2) is 36.9 Å². The maximum absolute atomic E-state index is 11.6. The molecule has 0 fully saturated rings. The minimum absolute atomic E-state index is 0.598. The van der Waals surface area contributed by atoms with Gasteiger partial charge in [0.05, 0.1) is 7.11 Å². The Balaban J connectivity index is 2.50. The molecule has 1 unspecified atom stereocenters. The Morgan fingerprint density at radius 3 is 2.50 bits per heavy atom. The number of hydrogen-bond donors (Lipinski definition) is 1. The summed E-state index contributed by atoms with van der Waals surface area (Å²) in [6.45, 7) is 1.58. The third-order valence-electron chi connectivity index (χ3n) is 2.95. The molecular weight excluding hydrogens is 234 g/mol. The van der Waals surface area contributed by atoms with Gasteiger partial charge in [-0.05, 0) is 24.6 Å². The molecule has 1 atom stereocenters. The zero-order valence-electron chi connectivity index (χ0n) is 10.1. The van der Waals surface area contributed by atoms with Gasteiger partial charge < -0.3 is 9.84 Å². The lowest BCUT2D eigenvalue weighted by Crippen LogP contribution is -2.40. The summed E-state index contributed by atoms with van der Waals surface area (Å²) < 4.78 is 6.37. The van der Waals surface area contributed by atoms with Crippen molar-refractivity contribution in [2.45, 2.75) is 12.5 Å². The number of carboxylic acid groups (broad SMARTS) is 1. The summed E-state index contributed by atoms with van der Waals surface area (Å²) in [4.78, 5) is 15.3. The van der Waals surface area contributed by atoms with E-state index in [2.05, 4.69) is 10.1 Å². The molecule has 2 rings (SSSR count). The van der Waals surface area contributed by atoms with Crippen molar-refractivity contribution in [3.63, 3.8) is 0 Å². The van der Waals surface area contributed by atoms with E-state index in [9.17, 15) is 9.90 Å². The molecule has 1 heterocycles. The Labute approximate surface area is 104 Å². The van der Waals surface area contributed by atoms with Crippen LogP contribution in [-0.2, 0) is 10.3 Å². The van der Waals surface area contributed by atoms with E-state index in [0.29, 0.717) is 11.3 Å². The number of aromatic nitrogens is 3. The molecule has 0 saturated carbocycles. The Bertz CT molecular complexity index is 536. The lowest BCUT2D eigenvalue weighted by Gasteiger charge is -2.25. The second-order valence-electron chi connectivity index (χ2n) is 3.95. The number of nitrogens with zero attached hydrogens (tertiary/aromatic N) is 3. The van der Waals surface area contributed by atoms with Crippen LogP contribution < -0.4 is 4.74 Å². The van der Waals surface area contributed by atoms with E-state index < -0.39 is 11.5 Å². The van der Waals surface area contributed by atoms with Crippen LogP contribution in [0.2, 0.25) is 0 Å². The first-order chi connectivity index (χ1) is 8.59. The van der Waals surface area contributed by atoms with Crippen LogP contribution in [-0.4, -0.2) is 33.0 Å². The Hall–Kier alpha value is -2.37. The Morgan fingerprint density at radius 2 is 2.06 bits per heavy atom. The molecule has 1 aromatic heterocycles. The van der Waals surface area contributed by atoms with Crippen molar-refractivity contribution in [2.75, 3.05) is 7.11 Å². The molecule has 0 amide bonds. The van der Waals surface area contributed by atoms with Gasteiger partial charge >= 0.3 is 5.97 Å². The predicted octanol–water partition coefficient (Wildman–Crippen LogP) is 1.13. The van der Waals surface area contributed by atoms with Gasteiger partial charge in [0.15, 0.2) is 5.54 Å². The molecule has 6 heteroatoms. The fraction of sp³-hybridized carbons (Fsp3) is 0.250. The van der Waals surface area contributed by atoms with Gasteiger partial charge in [-0.3, -0.25) is 0 Å². The number of benzene rings is 1. The van der Waals surface area contributed by atoms with Crippen molar-refractivity contribution in [1.29, 1.82) is 0 Å². The molecule has 1 aromatic carbocycles. The van der Waals surface area contributed by atoms with Gasteiger partial charge in [0.2, 0.25) is 0 Å². The summed E-state index contributed by atoms with van der Waals surface area (Å²) in [7, 11) is 1.56. The van der Waals surface area contributed by atoms with Crippen LogP contribution in [0.4, 0.5) is 0 Å². The second-order valence-corrected chi connectivity index (χ2v) is 3.95. The molecule has 0 aliphatic rings. The van der Waals surface area contributed by atoms with E-state index in [1.54, 1.807) is 38.3 Å². The SMILES string of the molecule is COc1ccc(C(C)(C(=O)O)n2cncn2)cc1. The zero-order chi connectivity index (χ0) is 13.2. The number of methoxy groups -OCH3 is 1. The Morgan fingerprint density at radius 1 is 1.39 bits per heavy atom. The average molecular weight is 247 g/mol. The van der Waals surface area contributed by atoms with E-state index in [0.717, 1.165) is 0 Å². The largest absolute Gasteiger partial charge is 0.497 e. The predicted molar refractivity (Wildman–Crippen MR) is 63.4 cm³/mol. The molecule has 0 aliphatic carbocycles. The molecule has 6 nitrogen and oxygen atoms in total. The first-order valence-electron chi connectivity index (χ1n) is 5.32. The molecule has 0 radical (unpaired) electrons. The summed E-state index contributed by atoms with van der Waals surface area (Å²) in [5, 5.41) is 13.4. The van der Waals surface area contributed by atoms with Gasteiger partial charge in [-0.2, -0.15) is 5.10 Å². The highest BCUT2D eigenvalue weighted by molar-refractivity contribution is 5.80. The van der Waals surface area contributed by atoms with Crippen molar-refractivity contribution in [3.8, 4) is 5.75 Å². The molecular formula is C12H13N3O3. The third kappa shape index (κ3) is 1.81. The van der Waals surface area contributed by atoms with Crippen LogP contribution in [0.1, 0.15) is 12.5 Å². The molecule has 0 spiro atoms. The van der Waals surface area contributed by atoms with E-state index in [4.69, 9.17) is 4.74 Å². The molecule has 1 N–H and O–H groups in total. The number of carboxylic acids is 1. The molecule has 94 valence electrons. The van der Waals surface area contributed by atoms with Crippen LogP contribution in [0.3, 0.4) is 0 Å². The molecule has 0 bridgehead atoms. The third-order valence-corrected chi connectivity index (χ3v) is 2.95. The number of rotatable bonds is 4. The van der Waals surface area contributed by atoms with Crippen LogP contribution >= 0.6 is 0 Å². The maximum Gasteiger partial charge on any atom is 0.336 e. The fourth-order valence-corrected chi connectivity index (χ4v) is 1.71. The minimum atomic E-state index is -1.29. The summed E-state index contributed by atoms with van der Waals surface area (Å²) >= 11 is 0. The molecule has 18 heavy (non-hydrogen) atoms. The molecule has 0 saturated heterocycles. The fourth-order valence-electron chi connectivity index (χ4n) is 1.71. The zero-order valence-corrected chi connectivity index (χ0v) is 10.1. The standard InChI is InChI=1S/C12H13N3O3/c1-12(11(16)17,15-8-13-7-14-15)9-3-5-10(18-2)6-4-9/h3-8H,1-2H3,(H,16,17). The van der Waals surface area contributed by atoms with Crippen molar-refractivity contribution < 1.29 is 14.6 Å². The van der Waals surface area contributed by atoms with Crippen LogP contribution in [0.5, 0.6) is 5.75 Å². The summed E-state index contributed by atoms with van der Waals surface area (Å²) in [6, 6.07) is 6.84. The van der Waals surface area contributed by atoms with E-state index in [-0.39, 0.29) is 0 Å². The number of ether oxygens (including phenoxy) is 1. The van der Waals surface area contributed by atoms with Crippen LogP contribution in [0.25, 0.3) is 0 Å². The van der Waals surface area contributed by atoms with Gasteiger partial charge in [-0.25, -0.2) is 14.5 Å². The van der Waals surface area contributed by atoms with E-state index >= 15 is 0 Å². The number of hydrogen-bond acceptors (Lipinski definition) is 4. The quantitative estimate of drug-likeness (QED) is 0.876. The lowest BCUT2D eigenvalue weighted by atomic mass is 9.92. The summed E-state index contributed by atoms with van der Waals surface area (Å²) in [5.74, 6) is -0.330. The molecule has 0 aliphatic heterocycles. The highest BCUT2D eigenvalue weighted by Gasteiger charge is 2.38. The van der Waals surface area contributed by atoms with Gasteiger partial charge in [-0.1, -0.05) is 12.1 Å². The Kier molecular flexibility index (Phi) is 3.01. The number of carbonyl (C=O) groups is 1. The minimum Gasteiger partial charge on any atom is -0.497 e. The second kappa shape index (κ2) is 4.48. The van der Waals surface area contributed by atoms with Gasteiger partial charge in [0.1, 0.15) is 18.4 Å². The van der Waals surface area contributed by atoms with E-state index in [1.807, 2.05) is 0 Å². The van der Waals surface area contributed by atoms with Crippen molar-refractivity contribution in [3.05, 3.63) is 42.5 Å². The van der Waals surface area contributed by atoms with Gasteiger partial charge in [0, 0.05) is 0 Å². The monoisotopic (exact) mass is 247 g/mol. The average Bonchev–Trinajstić information content (AvgIpc) is 2.92. The van der Waals surface area contributed by atoms with Crippen molar-refractivity contribution in [2.24, 2.45) is 0 Å². The maximum atomic E-state index is 11.6. The normalized spacial score (nSPS) is 13.9. The highest BCUT2D eigenvalue weighted by Crippen LogP contribution is 2.27. The first-order valence-corrected chi connectivity index (χ1v) is 5.32. The number of aliphatic carboxylic acids is 1. The topological polar surface area (TPSA) is 77.2 Å². The summed E-state index contributed by atoms with van der Waals surface area (Å²) in [5.41, 5.74) is -0.690. The lowest BCUT2D eigenvalue weighted by molar-refractivity contribution is -0.144. The summed E-state index contributed by atoms with van der Waals surface area (Å²) in [6.07, 6.45) is 2.70. The highest BCUT2D eigenvalue weighted by atomic mass is 16.5. The van der Waals surface area contributed by atoms with Crippen LogP contribution in [0, 0.1) is 0 Å². The van der Waals surface area contributed by atoms with Crippen molar-refractivity contribution in [1.82, 2.24) is 14.8 Å². The first kappa shape index (κ1) is 12.1. The van der Waals surface area contributed by atoms with Gasteiger partial charge in [0.25, 0.3) is 0 Å².